The highest BCUT2D eigenvalue weighted by Gasteiger charge is 2.31. The second kappa shape index (κ2) is 8.29. The summed E-state index contributed by atoms with van der Waals surface area (Å²) in [5.41, 5.74) is 1.96. The second-order valence-corrected chi connectivity index (χ2v) is 7.04. The van der Waals surface area contributed by atoms with Crippen LogP contribution in [-0.2, 0) is 13.1 Å². The number of fused-ring (bicyclic) bond motifs is 1. The molecule has 0 saturated carbocycles. The number of amides is 2. The average Bonchev–Trinajstić information content (AvgIpc) is 3.37. The summed E-state index contributed by atoms with van der Waals surface area (Å²) in [7, 11) is 0. The van der Waals surface area contributed by atoms with E-state index in [9.17, 15) is 22.8 Å². The summed E-state index contributed by atoms with van der Waals surface area (Å²) in [5.74, 6) is -0.718. The molecule has 166 valence electrons. The quantitative estimate of drug-likeness (QED) is 0.618. The zero-order valence-corrected chi connectivity index (χ0v) is 16.6. The predicted molar refractivity (Wildman–Crippen MR) is 103 cm³/mol. The van der Waals surface area contributed by atoms with Crippen LogP contribution in [0.15, 0.2) is 41.5 Å². The molecule has 0 bridgehead atoms. The van der Waals surface area contributed by atoms with Gasteiger partial charge in [-0.25, -0.2) is 15.0 Å². The minimum atomic E-state index is -4.46. The van der Waals surface area contributed by atoms with Crippen LogP contribution in [0, 0.1) is 6.92 Å². The molecule has 0 atom stereocenters. The Bertz CT molecular complexity index is 1160. The van der Waals surface area contributed by atoms with Gasteiger partial charge in [0.1, 0.15) is 5.82 Å². The Morgan fingerprint density at radius 2 is 2.12 bits per heavy atom. The van der Waals surface area contributed by atoms with Crippen LogP contribution in [0.3, 0.4) is 0 Å². The van der Waals surface area contributed by atoms with Gasteiger partial charge in [0.2, 0.25) is 11.6 Å². The fourth-order valence-electron chi connectivity index (χ4n) is 3.25. The van der Waals surface area contributed by atoms with Crippen LogP contribution in [0.25, 0.3) is 0 Å². The normalized spacial score (nSPS) is 13.2. The summed E-state index contributed by atoms with van der Waals surface area (Å²) >= 11 is 0. The Balaban J connectivity index is 1.47. The van der Waals surface area contributed by atoms with E-state index >= 15 is 0 Å². The number of hydrogen-bond donors (Lipinski definition) is 1. The van der Waals surface area contributed by atoms with Crippen LogP contribution in [0.2, 0.25) is 0 Å². The molecule has 0 radical (unpaired) electrons. The molecule has 1 aliphatic heterocycles. The van der Waals surface area contributed by atoms with Gasteiger partial charge in [-0.2, -0.15) is 13.2 Å². The van der Waals surface area contributed by atoms with Crippen molar-refractivity contribution in [2.24, 2.45) is 0 Å². The first kappa shape index (κ1) is 21.3. The lowest BCUT2D eigenvalue weighted by Gasteiger charge is -2.17. The first-order valence-electron chi connectivity index (χ1n) is 9.33. The largest absolute Gasteiger partial charge is 0.468 e. The molecule has 0 spiro atoms. The van der Waals surface area contributed by atoms with E-state index in [4.69, 9.17) is 9.15 Å². The molecule has 4 heterocycles. The summed E-state index contributed by atoms with van der Waals surface area (Å²) < 4.78 is 46.7. The number of rotatable bonds is 6. The maximum absolute atomic E-state index is 12.8. The van der Waals surface area contributed by atoms with Crippen LogP contribution < -0.4 is 10.1 Å². The minimum absolute atomic E-state index is 0.0000334. The smallest absolute Gasteiger partial charge is 0.422 e. The number of carbonyl (C=O) groups excluding carboxylic acids is 2. The van der Waals surface area contributed by atoms with E-state index in [1.165, 1.54) is 23.5 Å². The fourth-order valence-corrected chi connectivity index (χ4v) is 3.25. The maximum Gasteiger partial charge on any atom is 0.422 e. The van der Waals surface area contributed by atoms with E-state index in [-0.39, 0.29) is 36.5 Å². The van der Waals surface area contributed by atoms with Crippen molar-refractivity contribution in [1.82, 2.24) is 19.9 Å². The van der Waals surface area contributed by atoms with Gasteiger partial charge in [-0.3, -0.25) is 9.59 Å². The highest BCUT2D eigenvalue weighted by Crippen LogP contribution is 2.30. The van der Waals surface area contributed by atoms with Crippen molar-refractivity contribution in [3.05, 3.63) is 65.1 Å². The lowest BCUT2D eigenvalue weighted by Crippen LogP contribution is -2.23. The van der Waals surface area contributed by atoms with Gasteiger partial charge < -0.3 is 19.4 Å². The van der Waals surface area contributed by atoms with E-state index < -0.39 is 18.7 Å². The Morgan fingerprint density at radius 3 is 2.81 bits per heavy atom. The third-order valence-electron chi connectivity index (χ3n) is 4.64. The third-order valence-corrected chi connectivity index (χ3v) is 4.64. The summed E-state index contributed by atoms with van der Waals surface area (Å²) in [5, 5.41) is 2.61. The number of anilines is 1. The standard InChI is InChI=1S/C20H16F3N5O4/c1-11-4-12(5-26-18(11)31-9-20(21,22)23)7-28-8-14-13(19(28)30)2-3-25-16(14)27-17(29)15-6-24-10-32-15/h2-6,10H,7-9H2,1H3,(H,25,27,29). The SMILES string of the molecule is Cc1cc(CN2Cc3c(ccnc3NC(=O)c3cnco3)C2=O)cnc1OCC(F)(F)F. The number of pyridine rings is 2. The van der Waals surface area contributed by atoms with E-state index in [0.717, 1.165) is 6.39 Å². The fraction of sp³-hybridized carbons (Fsp3) is 0.250. The van der Waals surface area contributed by atoms with Crippen LogP contribution >= 0.6 is 0 Å². The molecule has 12 heteroatoms. The zero-order valence-electron chi connectivity index (χ0n) is 16.6. The number of aryl methyl sites for hydroxylation is 1. The molecule has 0 aliphatic carbocycles. The highest BCUT2D eigenvalue weighted by atomic mass is 19.4. The number of carbonyl (C=O) groups is 2. The van der Waals surface area contributed by atoms with Crippen molar-refractivity contribution in [1.29, 1.82) is 0 Å². The van der Waals surface area contributed by atoms with Gasteiger partial charge in [-0.05, 0) is 24.6 Å². The van der Waals surface area contributed by atoms with Gasteiger partial charge in [0.15, 0.2) is 13.0 Å². The molecule has 3 aromatic heterocycles. The first-order chi connectivity index (χ1) is 15.2. The predicted octanol–water partition coefficient (Wildman–Crippen LogP) is 3.12. The third kappa shape index (κ3) is 4.53. The van der Waals surface area contributed by atoms with E-state index in [2.05, 4.69) is 20.3 Å². The molecule has 32 heavy (non-hydrogen) atoms. The number of halogens is 3. The molecule has 1 aliphatic rings. The number of oxazole rings is 1. The Morgan fingerprint density at radius 1 is 1.31 bits per heavy atom. The summed E-state index contributed by atoms with van der Waals surface area (Å²) in [4.78, 5) is 38.3. The van der Waals surface area contributed by atoms with Gasteiger partial charge >= 0.3 is 6.18 Å². The monoisotopic (exact) mass is 447 g/mol. The molecule has 2 amide bonds. The van der Waals surface area contributed by atoms with Crippen LogP contribution in [-0.4, -0.2) is 44.4 Å². The first-order valence-corrected chi connectivity index (χ1v) is 9.33. The molecule has 0 saturated heterocycles. The van der Waals surface area contributed by atoms with Crippen molar-refractivity contribution < 1.29 is 31.9 Å². The molecule has 0 fully saturated rings. The maximum atomic E-state index is 12.8. The summed E-state index contributed by atoms with van der Waals surface area (Å²) in [6.07, 6.45) is 0.690. The highest BCUT2D eigenvalue weighted by molar-refractivity contribution is 6.04. The number of nitrogens with one attached hydrogen (secondary N) is 1. The lowest BCUT2D eigenvalue weighted by molar-refractivity contribution is -0.154. The Hall–Kier alpha value is -3.96. The van der Waals surface area contributed by atoms with E-state index in [1.54, 1.807) is 19.1 Å². The number of nitrogens with zero attached hydrogens (tertiary/aromatic N) is 4. The van der Waals surface area contributed by atoms with Gasteiger partial charge in [0.05, 0.1) is 12.7 Å². The minimum Gasteiger partial charge on any atom is -0.468 e. The Kier molecular flexibility index (Phi) is 5.51. The lowest BCUT2D eigenvalue weighted by atomic mass is 10.1. The van der Waals surface area contributed by atoms with Gasteiger partial charge in [-0.1, -0.05) is 0 Å². The molecule has 1 N–H and O–H groups in total. The van der Waals surface area contributed by atoms with Gasteiger partial charge in [0.25, 0.3) is 11.8 Å². The van der Waals surface area contributed by atoms with Crippen LogP contribution in [0.4, 0.5) is 19.0 Å². The second-order valence-electron chi connectivity index (χ2n) is 7.04. The van der Waals surface area contributed by atoms with E-state index in [1.807, 2.05) is 0 Å². The molecule has 3 aromatic rings. The molecule has 4 rings (SSSR count). The van der Waals surface area contributed by atoms with Crippen molar-refractivity contribution >= 4 is 17.6 Å². The van der Waals surface area contributed by atoms with Gasteiger partial charge in [0, 0.05) is 35.6 Å². The molecule has 9 nitrogen and oxygen atoms in total. The number of ether oxygens (including phenoxy) is 1. The number of alkyl halides is 3. The number of aromatic nitrogens is 3. The molecular formula is C20H16F3N5O4. The zero-order chi connectivity index (χ0) is 22.9. The van der Waals surface area contributed by atoms with Crippen LogP contribution in [0.1, 0.15) is 37.6 Å². The summed E-state index contributed by atoms with van der Waals surface area (Å²) in [6, 6.07) is 3.17. The topological polar surface area (TPSA) is 110 Å². The van der Waals surface area contributed by atoms with Gasteiger partial charge in [-0.15, -0.1) is 0 Å². The van der Waals surface area contributed by atoms with Crippen LogP contribution in [0.5, 0.6) is 5.88 Å². The summed E-state index contributed by atoms with van der Waals surface area (Å²) in [6.45, 7) is 0.481. The van der Waals surface area contributed by atoms with Crippen molar-refractivity contribution in [3.8, 4) is 5.88 Å². The number of hydrogen-bond acceptors (Lipinski definition) is 7. The van der Waals surface area contributed by atoms with Crippen molar-refractivity contribution in [2.45, 2.75) is 26.2 Å². The average molecular weight is 447 g/mol. The van der Waals surface area contributed by atoms with E-state index in [0.29, 0.717) is 22.3 Å². The van der Waals surface area contributed by atoms with Crippen molar-refractivity contribution in [3.63, 3.8) is 0 Å². The molecular weight excluding hydrogens is 431 g/mol. The van der Waals surface area contributed by atoms with Crippen molar-refractivity contribution in [2.75, 3.05) is 11.9 Å². The molecule has 0 aromatic carbocycles. The molecule has 0 unspecified atom stereocenters. The Labute approximate surface area is 179 Å².